The van der Waals surface area contributed by atoms with E-state index in [1.165, 1.54) is 11.1 Å². The van der Waals surface area contributed by atoms with Crippen molar-refractivity contribution in [1.29, 1.82) is 0 Å². The molecule has 4 aliphatic rings. The summed E-state index contributed by atoms with van der Waals surface area (Å²) in [6.07, 6.45) is -1.04. The molecule has 14 nitrogen and oxygen atoms in total. The topological polar surface area (TPSA) is 188 Å². The molecule has 0 bridgehead atoms. The average molecular weight is 735 g/mol. The first-order valence-electron chi connectivity index (χ1n) is 17.4. The summed E-state index contributed by atoms with van der Waals surface area (Å²) in [7, 11) is -4.08. The number of halogens is 2. The minimum absolute atomic E-state index is 0.0223. The van der Waals surface area contributed by atoms with Gasteiger partial charge in [0.15, 0.2) is 0 Å². The van der Waals surface area contributed by atoms with Gasteiger partial charge in [0.2, 0.25) is 33.6 Å². The Morgan fingerprint density at radius 1 is 1.08 bits per heavy atom. The number of para-hydroxylation sites is 2. The summed E-state index contributed by atoms with van der Waals surface area (Å²) < 4.78 is 64.2. The predicted molar refractivity (Wildman–Crippen MR) is 179 cm³/mol. The minimum Gasteiger partial charge on any atom is -0.471 e. The van der Waals surface area contributed by atoms with Crippen LogP contribution < -0.4 is 14.8 Å². The molecule has 0 radical (unpaired) electrons. The van der Waals surface area contributed by atoms with Crippen LogP contribution in [0.5, 0.6) is 5.88 Å². The lowest BCUT2D eigenvalue weighted by Gasteiger charge is -2.41. The third kappa shape index (κ3) is 7.87. The van der Waals surface area contributed by atoms with E-state index in [0.717, 1.165) is 4.90 Å². The smallest absolute Gasteiger partial charge is 0.408 e. The first-order valence-corrected chi connectivity index (χ1v) is 18.9. The van der Waals surface area contributed by atoms with E-state index in [9.17, 15) is 32.7 Å². The van der Waals surface area contributed by atoms with Crippen LogP contribution in [0.2, 0.25) is 0 Å². The molecule has 0 spiro atoms. The molecule has 17 heteroatoms. The van der Waals surface area contributed by atoms with Gasteiger partial charge in [-0.3, -0.25) is 24.0 Å². The second kappa shape index (κ2) is 13.4. The second-order valence-electron chi connectivity index (χ2n) is 15.2. The highest BCUT2D eigenvalue weighted by Gasteiger charge is 2.65. The van der Waals surface area contributed by atoms with Gasteiger partial charge in [0.1, 0.15) is 23.7 Å². The maximum absolute atomic E-state index is 15.3. The van der Waals surface area contributed by atoms with E-state index in [1.54, 1.807) is 45.0 Å². The van der Waals surface area contributed by atoms with Gasteiger partial charge in [-0.25, -0.2) is 32.0 Å². The molecule has 2 saturated carbocycles. The maximum Gasteiger partial charge on any atom is 0.408 e. The van der Waals surface area contributed by atoms with Gasteiger partial charge in [-0.15, -0.1) is 0 Å². The van der Waals surface area contributed by atoms with Gasteiger partial charge >= 0.3 is 6.09 Å². The SMILES string of the molecule is CC(C)(C)N(C(=O)O)[C@H]1CCCCCC(F)(F)C[C@@H]2C[C@@]2(C(=O)NS(=O)(=O)C2CC2)NC(=O)[C@@H]2C[C@@H](Oc3cnc4ccccc4n3)CN2C1=O. The highest BCUT2D eigenvalue weighted by atomic mass is 32.2. The molecule has 1 aromatic carbocycles. The van der Waals surface area contributed by atoms with Crippen molar-refractivity contribution in [2.45, 2.75) is 125 Å². The van der Waals surface area contributed by atoms with Crippen molar-refractivity contribution in [3.63, 3.8) is 0 Å². The third-order valence-electron chi connectivity index (χ3n) is 10.2. The van der Waals surface area contributed by atoms with Crippen LogP contribution in [0.25, 0.3) is 11.0 Å². The number of hydrogen-bond donors (Lipinski definition) is 3. The van der Waals surface area contributed by atoms with Crippen LogP contribution in [0, 0.1) is 5.92 Å². The molecule has 5 atom stereocenters. The normalized spacial score (nSPS) is 28.8. The van der Waals surface area contributed by atoms with Gasteiger partial charge in [0, 0.05) is 24.8 Å². The summed E-state index contributed by atoms with van der Waals surface area (Å²) in [5.41, 5.74) is -1.83. The van der Waals surface area contributed by atoms with Gasteiger partial charge in [0.25, 0.3) is 5.91 Å². The monoisotopic (exact) mass is 734 g/mol. The first kappa shape index (κ1) is 36.6. The lowest BCUT2D eigenvalue weighted by Crippen LogP contribution is -2.61. The molecular formula is C34H44F2N6O8S. The Kier molecular flexibility index (Phi) is 9.65. The molecule has 2 saturated heterocycles. The van der Waals surface area contributed by atoms with E-state index >= 15 is 8.78 Å². The van der Waals surface area contributed by atoms with Crippen molar-refractivity contribution in [3.8, 4) is 5.88 Å². The Hall–Kier alpha value is -4.15. The zero-order valence-electron chi connectivity index (χ0n) is 28.8. The average Bonchev–Trinajstić information content (AvgIpc) is 3.96. The number of carbonyl (C=O) groups is 4. The zero-order chi connectivity index (χ0) is 36.9. The Labute approximate surface area is 294 Å². The van der Waals surface area contributed by atoms with E-state index in [4.69, 9.17) is 4.74 Å². The number of hydrogen-bond acceptors (Lipinski definition) is 9. The number of amides is 4. The molecule has 4 amide bonds. The first-order chi connectivity index (χ1) is 23.9. The molecule has 2 aromatic rings. The molecule has 51 heavy (non-hydrogen) atoms. The highest BCUT2D eigenvalue weighted by Crippen LogP contribution is 2.51. The van der Waals surface area contributed by atoms with E-state index < -0.39 is 93.0 Å². The van der Waals surface area contributed by atoms with E-state index in [2.05, 4.69) is 15.3 Å². The van der Waals surface area contributed by atoms with Crippen molar-refractivity contribution in [2.75, 3.05) is 6.54 Å². The predicted octanol–water partition coefficient (Wildman–Crippen LogP) is 3.60. The summed E-state index contributed by atoms with van der Waals surface area (Å²) in [5, 5.41) is 12.1. The largest absolute Gasteiger partial charge is 0.471 e. The molecule has 1 aromatic heterocycles. The van der Waals surface area contributed by atoms with E-state index in [1.807, 2.05) is 4.72 Å². The molecule has 4 fully saturated rings. The molecule has 6 rings (SSSR count). The molecule has 278 valence electrons. The van der Waals surface area contributed by atoms with Gasteiger partial charge in [-0.2, -0.15) is 0 Å². The summed E-state index contributed by atoms with van der Waals surface area (Å²) in [4.78, 5) is 66.1. The number of sulfonamides is 1. The maximum atomic E-state index is 15.3. The number of fused-ring (bicyclic) bond motifs is 3. The van der Waals surface area contributed by atoms with E-state index in [-0.39, 0.29) is 50.9 Å². The zero-order valence-corrected chi connectivity index (χ0v) is 29.6. The summed E-state index contributed by atoms with van der Waals surface area (Å²) in [6.45, 7) is 4.74. The van der Waals surface area contributed by atoms with E-state index in [0.29, 0.717) is 23.9 Å². The standard InChI is InChI=1S/C34H44F2N6O8S/c1-32(2,3)42(31(46)47)25-11-5-4-8-14-33(35,36)16-20-17-34(20,30(45)40-51(48,49)22-12-13-22)39-28(43)26-15-21(19-41(26)29(25)44)50-27-18-37-23-9-6-7-10-24(23)38-27/h6-7,9-10,18,20-22,25-26H,4-5,8,11-17,19H2,1-3H3,(H,39,43)(H,40,45)(H,46,47)/t20-,21-,25+,26+,34-/m1/s1. The Bertz CT molecular complexity index is 1820. The van der Waals surface area contributed by atoms with Crippen LogP contribution >= 0.6 is 0 Å². The Morgan fingerprint density at radius 2 is 1.78 bits per heavy atom. The molecule has 2 aliphatic heterocycles. The molecule has 2 aliphatic carbocycles. The number of carbonyl (C=O) groups excluding carboxylic acids is 3. The minimum atomic E-state index is -4.08. The number of alkyl halides is 2. The van der Waals surface area contributed by atoms with Crippen LogP contribution in [0.4, 0.5) is 13.6 Å². The number of ether oxygens (including phenoxy) is 1. The lowest BCUT2D eigenvalue weighted by atomic mass is 9.97. The van der Waals surface area contributed by atoms with Crippen molar-refractivity contribution in [1.82, 2.24) is 29.8 Å². The fraction of sp³-hybridized carbons (Fsp3) is 0.647. The van der Waals surface area contributed by atoms with Crippen molar-refractivity contribution in [3.05, 3.63) is 30.5 Å². The van der Waals surface area contributed by atoms with Crippen LogP contribution in [0.3, 0.4) is 0 Å². The van der Waals surface area contributed by atoms with Crippen LogP contribution in [0.1, 0.15) is 85.0 Å². The van der Waals surface area contributed by atoms with Crippen molar-refractivity contribution in [2.24, 2.45) is 5.92 Å². The number of nitrogens with one attached hydrogen (secondary N) is 2. The van der Waals surface area contributed by atoms with Crippen molar-refractivity contribution >= 4 is 44.9 Å². The molecule has 3 N–H and O–H groups in total. The van der Waals surface area contributed by atoms with Crippen molar-refractivity contribution < 1.29 is 46.2 Å². The summed E-state index contributed by atoms with van der Waals surface area (Å²) >= 11 is 0. The fourth-order valence-corrected chi connectivity index (χ4v) is 8.76. The highest BCUT2D eigenvalue weighted by molar-refractivity contribution is 7.91. The molecular weight excluding hydrogens is 690 g/mol. The number of aromatic nitrogens is 2. The summed E-state index contributed by atoms with van der Waals surface area (Å²) in [5.74, 6) is -6.79. The number of benzene rings is 1. The Morgan fingerprint density at radius 3 is 2.45 bits per heavy atom. The molecule has 0 unspecified atom stereocenters. The second-order valence-corrected chi connectivity index (χ2v) is 17.2. The van der Waals surface area contributed by atoms with Crippen LogP contribution in [-0.2, 0) is 24.4 Å². The van der Waals surface area contributed by atoms with Gasteiger partial charge in [0.05, 0.1) is 29.0 Å². The Balaban J connectivity index is 1.35. The van der Waals surface area contributed by atoms with Crippen LogP contribution in [0.15, 0.2) is 30.5 Å². The number of nitrogens with zero attached hydrogens (tertiary/aromatic N) is 4. The summed E-state index contributed by atoms with van der Waals surface area (Å²) in [6, 6.07) is 4.52. The third-order valence-corrected chi connectivity index (χ3v) is 12.0. The quantitative estimate of drug-likeness (QED) is 0.396. The van der Waals surface area contributed by atoms with Gasteiger partial charge in [-0.05, 0) is 70.9 Å². The molecule has 3 heterocycles. The van der Waals surface area contributed by atoms with Gasteiger partial charge in [-0.1, -0.05) is 25.0 Å². The lowest BCUT2D eigenvalue weighted by molar-refractivity contribution is -0.144. The number of carboxylic acid groups (broad SMARTS) is 1. The fourth-order valence-electron chi connectivity index (χ4n) is 7.39. The van der Waals surface area contributed by atoms with Gasteiger partial charge < -0.3 is 20.1 Å². The number of rotatable bonds is 6. The van der Waals surface area contributed by atoms with Crippen LogP contribution in [-0.4, -0.2) is 104 Å².